The second-order valence-corrected chi connectivity index (χ2v) is 6.37. The summed E-state index contributed by atoms with van der Waals surface area (Å²) in [5.74, 6) is -0.715. The molecule has 1 aliphatic rings. The number of hydrogen-bond donors (Lipinski definition) is 1. The summed E-state index contributed by atoms with van der Waals surface area (Å²) < 4.78 is 44.2. The van der Waals surface area contributed by atoms with Gasteiger partial charge >= 0.3 is 6.18 Å². The number of anilines is 1. The zero-order valence-electron chi connectivity index (χ0n) is 15.4. The lowest BCUT2D eigenvalue weighted by molar-refractivity contribution is -0.138. The fourth-order valence-corrected chi connectivity index (χ4v) is 2.78. The Morgan fingerprint density at radius 1 is 1.14 bits per heavy atom. The van der Waals surface area contributed by atoms with Gasteiger partial charge in [-0.05, 0) is 23.8 Å². The molecule has 2 aromatic rings. The van der Waals surface area contributed by atoms with E-state index in [1.54, 1.807) is 0 Å². The van der Waals surface area contributed by atoms with Gasteiger partial charge < -0.3 is 14.2 Å². The van der Waals surface area contributed by atoms with Crippen molar-refractivity contribution in [1.82, 2.24) is 9.99 Å². The summed E-state index contributed by atoms with van der Waals surface area (Å²) in [5, 5.41) is 3.78. The normalized spacial score (nSPS) is 14.9. The average molecular weight is 408 g/mol. The van der Waals surface area contributed by atoms with Crippen molar-refractivity contribution in [2.24, 2.45) is 5.10 Å². The van der Waals surface area contributed by atoms with Gasteiger partial charge in [-0.25, -0.2) is 5.43 Å². The number of rotatable bonds is 5. The SMILES string of the molecule is O=C(Cn1cc(C(F)(F)F)ccc1=O)NN=Cc1ccc(N2CCOCC2)cc1. The fraction of sp³-hybridized carbons (Fsp3) is 0.316. The Labute approximate surface area is 164 Å². The Kier molecular flexibility index (Phi) is 6.32. The van der Waals surface area contributed by atoms with Crippen molar-refractivity contribution in [2.45, 2.75) is 12.7 Å². The number of hydrogen-bond acceptors (Lipinski definition) is 5. The topological polar surface area (TPSA) is 75.9 Å². The van der Waals surface area contributed by atoms with Crippen LogP contribution in [0.3, 0.4) is 0 Å². The number of ether oxygens (including phenoxy) is 1. The number of amides is 1. The van der Waals surface area contributed by atoms with Gasteiger partial charge in [0, 0.05) is 31.0 Å². The third-order valence-corrected chi connectivity index (χ3v) is 4.30. The van der Waals surface area contributed by atoms with Crippen LogP contribution in [0.5, 0.6) is 0 Å². The molecule has 154 valence electrons. The maximum atomic E-state index is 12.7. The second-order valence-electron chi connectivity index (χ2n) is 6.37. The first kappa shape index (κ1) is 20.6. The van der Waals surface area contributed by atoms with E-state index in [1.807, 2.05) is 24.3 Å². The number of carbonyl (C=O) groups excluding carboxylic acids is 1. The maximum Gasteiger partial charge on any atom is 0.417 e. The van der Waals surface area contributed by atoms with E-state index in [0.29, 0.717) is 30.0 Å². The third kappa shape index (κ3) is 5.67. The predicted molar refractivity (Wildman–Crippen MR) is 101 cm³/mol. The van der Waals surface area contributed by atoms with Crippen LogP contribution in [-0.4, -0.2) is 43.0 Å². The van der Waals surface area contributed by atoms with E-state index in [-0.39, 0.29) is 0 Å². The Morgan fingerprint density at radius 3 is 2.48 bits per heavy atom. The van der Waals surface area contributed by atoms with Gasteiger partial charge in [-0.3, -0.25) is 9.59 Å². The highest BCUT2D eigenvalue weighted by Crippen LogP contribution is 2.27. The Hall–Kier alpha value is -3.14. The van der Waals surface area contributed by atoms with Gasteiger partial charge in [0.2, 0.25) is 0 Å². The number of carbonyl (C=O) groups is 1. The number of nitrogens with one attached hydrogen (secondary N) is 1. The first-order valence-electron chi connectivity index (χ1n) is 8.85. The van der Waals surface area contributed by atoms with Gasteiger partial charge in [0.05, 0.1) is 25.0 Å². The molecule has 1 saturated heterocycles. The summed E-state index contributed by atoms with van der Waals surface area (Å²) in [6.45, 7) is 2.43. The molecule has 0 aliphatic carbocycles. The number of aromatic nitrogens is 1. The molecular weight excluding hydrogens is 389 g/mol. The van der Waals surface area contributed by atoms with E-state index < -0.39 is 29.8 Å². The largest absolute Gasteiger partial charge is 0.417 e. The van der Waals surface area contributed by atoms with Crippen LogP contribution in [0.15, 0.2) is 52.5 Å². The van der Waals surface area contributed by atoms with Crippen LogP contribution in [0.4, 0.5) is 18.9 Å². The van der Waals surface area contributed by atoms with Gasteiger partial charge in [0.1, 0.15) is 6.54 Å². The summed E-state index contributed by atoms with van der Waals surface area (Å²) in [7, 11) is 0. The number of nitrogens with zero attached hydrogens (tertiary/aromatic N) is 3. The predicted octanol–water partition coefficient (Wildman–Crippen LogP) is 1.85. The molecule has 0 atom stereocenters. The van der Waals surface area contributed by atoms with Crippen molar-refractivity contribution in [3.63, 3.8) is 0 Å². The summed E-state index contributed by atoms with van der Waals surface area (Å²) >= 11 is 0. The van der Waals surface area contributed by atoms with E-state index in [1.165, 1.54) is 6.21 Å². The average Bonchev–Trinajstić information content (AvgIpc) is 2.70. The van der Waals surface area contributed by atoms with E-state index in [4.69, 9.17) is 4.74 Å². The van der Waals surface area contributed by atoms with Gasteiger partial charge in [0.15, 0.2) is 0 Å². The number of benzene rings is 1. The molecule has 0 saturated carbocycles. The molecule has 1 fully saturated rings. The van der Waals surface area contributed by atoms with Gasteiger partial charge in [-0.15, -0.1) is 0 Å². The fourth-order valence-electron chi connectivity index (χ4n) is 2.78. The Morgan fingerprint density at radius 2 is 1.83 bits per heavy atom. The number of hydrazone groups is 1. The molecule has 1 aliphatic heterocycles. The monoisotopic (exact) mass is 408 g/mol. The lowest BCUT2D eigenvalue weighted by Gasteiger charge is -2.28. The molecule has 0 bridgehead atoms. The number of alkyl halides is 3. The van der Waals surface area contributed by atoms with E-state index >= 15 is 0 Å². The van der Waals surface area contributed by atoms with Crippen LogP contribution in [0.2, 0.25) is 0 Å². The summed E-state index contributed by atoms with van der Waals surface area (Å²) in [6, 6.07) is 8.97. The first-order chi connectivity index (χ1) is 13.8. The number of halogens is 3. The molecule has 0 spiro atoms. The van der Waals surface area contributed by atoms with Crippen molar-refractivity contribution >= 4 is 17.8 Å². The van der Waals surface area contributed by atoms with Gasteiger partial charge in [-0.2, -0.15) is 18.3 Å². The molecule has 1 N–H and O–H groups in total. The molecule has 29 heavy (non-hydrogen) atoms. The summed E-state index contributed by atoms with van der Waals surface area (Å²) in [5.41, 5.74) is 2.28. The molecular formula is C19H19F3N4O3. The van der Waals surface area contributed by atoms with Gasteiger partial charge in [-0.1, -0.05) is 12.1 Å². The molecule has 7 nitrogen and oxygen atoms in total. The molecule has 0 radical (unpaired) electrons. The minimum atomic E-state index is -4.60. The maximum absolute atomic E-state index is 12.7. The minimum absolute atomic E-state index is 0.573. The molecule has 0 unspecified atom stereocenters. The Bertz CT molecular complexity index is 933. The third-order valence-electron chi connectivity index (χ3n) is 4.30. The molecule has 2 heterocycles. The number of pyridine rings is 1. The van der Waals surface area contributed by atoms with Crippen LogP contribution in [0.25, 0.3) is 0 Å². The minimum Gasteiger partial charge on any atom is -0.378 e. The molecule has 10 heteroatoms. The first-order valence-corrected chi connectivity index (χ1v) is 8.85. The standard InChI is InChI=1S/C19H19F3N4O3/c20-19(21,22)15-3-6-18(28)26(12-15)13-17(27)24-23-11-14-1-4-16(5-2-14)25-7-9-29-10-8-25/h1-6,11-12H,7-10,13H2,(H,24,27). The summed E-state index contributed by atoms with van der Waals surface area (Å²) in [4.78, 5) is 25.7. The highest BCUT2D eigenvalue weighted by Gasteiger charge is 2.31. The highest BCUT2D eigenvalue weighted by molar-refractivity contribution is 5.82. The molecule has 1 amide bonds. The number of morpholine rings is 1. The molecule has 1 aromatic heterocycles. The van der Waals surface area contributed by atoms with E-state index in [2.05, 4.69) is 15.4 Å². The smallest absolute Gasteiger partial charge is 0.378 e. The van der Waals surface area contributed by atoms with Crippen LogP contribution >= 0.6 is 0 Å². The van der Waals surface area contributed by atoms with Crippen molar-refractivity contribution in [3.8, 4) is 0 Å². The molecule has 1 aromatic carbocycles. The lowest BCUT2D eigenvalue weighted by Crippen LogP contribution is -2.36. The van der Waals surface area contributed by atoms with Crippen molar-refractivity contribution in [1.29, 1.82) is 0 Å². The van der Waals surface area contributed by atoms with E-state index in [9.17, 15) is 22.8 Å². The zero-order valence-corrected chi connectivity index (χ0v) is 15.4. The summed E-state index contributed by atoms with van der Waals surface area (Å²) in [6.07, 6.45) is -2.58. The second kappa shape index (κ2) is 8.91. The van der Waals surface area contributed by atoms with Crippen LogP contribution in [-0.2, 0) is 22.3 Å². The van der Waals surface area contributed by atoms with Crippen molar-refractivity contribution in [3.05, 3.63) is 64.1 Å². The zero-order chi connectivity index (χ0) is 20.9. The highest BCUT2D eigenvalue weighted by atomic mass is 19.4. The molecule has 3 rings (SSSR count). The lowest BCUT2D eigenvalue weighted by atomic mass is 10.2. The van der Waals surface area contributed by atoms with Crippen molar-refractivity contribution in [2.75, 3.05) is 31.2 Å². The van der Waals surface area contributed by atoms with Gasteiger partial charge in [0.25, 0.3) is 11.5 Å². The van der Waals surface area contributed by atoms with E-state index in [0.717, 1.165) is 30.4 Å². The Balaban J connectivity index is 1.56. The van der Waals surface area contributed by atoms with Crippen LogP contribution < -0.4 is 15.9 Å². The van der Waals surface area contributed by atoms with Crippen LogP contribution in [0, 0.1) is 0 Å². The van der Waals surface area contributed by atoms with Crippen molar-refractivity contribution < 1.29 is 22.7 Å². The quantitative estimate of drug-likeness (QED) is 0.605. The van der Waals surface area contributed by atoms with Crippen LogP contribution in [0.1, 0.15) is 11.1 Å².